The molecule has 0 aliphatic heterocycles. The third kappa shape index (κ3) is 3.80. The molecule has 0 aromatic heterocycles. The Labute approximate surface area is 71.0 Å². The maximum absolute atomic E-state index is 10.9. The summed E-state index contributed by atoms with van der Waals surface area (Å²) in [4.78, 5) is 10.9. The van der Waals surface area contributed by atoms with Gasteiger partial charge in [0.1, 0.15) is 5.25 Å². The molecule has 1 unspecified atom stereocenters. The highest BCUT2D eigenvalue weighted by molar-refractivity contribution is 8.15. The van der Waals surface area contributed by atoms with E-state index in [2.05, 4.69) is 13.2 Å². The van der Waals surface area contributed by atoms with Gasteiger partial charge in [-0.25, -0.2) is 0 Å². The molecule has 0 bridgehead atoms. The van der Waals surface area contributed by atoms with Crippen LogP contribution < -0.4 is 0 Å². The lowest BCUT2D eigenvalue weighted by atomic mass is 10.5. The van der Waals surface area contributed by atoms with Gasteiger partial charge in [-0.05, 0) is 0 Å². The van der Waals surface area contributed by atoms with Crippen molar-refractivity contribution in [3.8, 4) is 0 Å². The van der Waals surface area contributed by atoms with Crippen LogP contribution in [0.5, 0.6) is 0 Å². The fraction of sp³-hybridized carbons (Fsp3) is 0.286. The largest absolute Gasteiger partial charge is 0.286 e. The number of thioether (sulfide) groups is 1. The van der Waals surface area contributed by atoms with Gasteiger partial charge < -0.3 is 0 Å². The Balaban J connectivity index is 3.61. The molecule has 0 saturated heterocycles. The van der Waals surface area contributed by atoms with E-state index < -0.39 is 5.25 Å². The predicted molar refractivity (Wildman–Crippen MR) is 49.2 cm³/mol. The zero-order valence-electron chi connectivity index (χ0n) is 5.58. The maximum Gasteiger partial charge on any atom is 0.206 e. The zero-order valence-corrected chi connectivity index (χ0v) is 7.21. The molecule has 0 rings (SSSR count). The van der Waals surface area contributed by atoms with E-state index >= 15 is 0 Å². The smallest absolute Gasteiger partial charge is 0.206 e. The van der Waals surface area contributed by atoms with Gasteiger partial charge in [0, 0.05) is 5.75 Å². The van der Waals surface area contributed by atoms with Crippen LogP contribution in [0.15, 0.2) is 25.3 Å². The van der Waals surface area contributed by atoms with Crippen molar-refractivity contribution in [1.82, 2.24) is 0 Å². The summed E-state index contributed by atoms with van der Waals surface area (Å²) in [6.07, 6.45) is 3.14. The Morgan fingerprint density at radius 2 is 2.30 bits per heavy atom. The first-order valence-electron chi connectivity index (χ1n) is 2.78. The molecular weight excluding hydrogens is 164 g/mol. The van der Waals surface area contributed by atoms with Crippen molar-refractivity contribution >= 4 is 29.5 Å². The van der Waals surface area contributed by atoms with Gasteiger partial charge in [-0.1, -0.05) is 36.5 Å². The molecule has 0 saturated carbocycles. The molecule has 0 aromatic carbocycles. The molecule has 0 aliphatic rings. The highest BCUT2D eigenvalue weighted by Gasteiger charge is 2.09. The van der Waals surface area contributed by atoms with Crippen molar-refractivity contribution < 1.29 is 4.79 Å². The van der Waals surface area contributed by atoms with E-state index in [-0.39, 0.29) is 5.12 Å². The summed E-state index contributed by atoms with van der Waals surface area (Å²) in [6, 6.07) is 0. The lowest BCUT2D eigenvalue weighted by molar-refractivity contribution is -0.109. The SMILES string of the molecule is C=CCSC(=O)C([S])C=C. The molecule has 55 valence electrons. The fourth-order valence-electron chi connectivity index (χ4n) is 0.319. The predicted octanol–water partition coefficient (Wildman–Crippen LogP) is 2.18. The second-order valence-electron chi connectivity index (χ2n) is 1.58. The Morgan fingerprint density at radius 3 is 2.70 bits per heavy atom. The van der Waals surface area contributed by atoms with Crippen molar-refractivity contribution in [2.45, 2.75) is 5.25 Å². The first-order valence-corrected chi connectivity index (χ1v) is 4.24. The molecule has 0 aliphatic carbocycles. The number of hydrogen-bond acceptors (Lipinski definition) is 2. The van der Waals surface area contributed by atoms with Crippen LogP contribution in [0.2, 0.25) is 0 Å². The van der Waals surface area contributed by atoms with Crippen LogP contribution in [0.1, 0.15) is 0 Å². The number of rotatable bonds is 4. The van der Waals surface area contributed by atoms with Gasteiger partial charge in [0.25, 0.3) is 0 Å². The number of carbonyl (C=O) groups excluding carboxylic acids is 1. The summed E-state index contributed by atoms with van der Waals surface area (Å²) in [5.74, 6) is 0.625. The minimum atomic E-state index is -0.454. The summed E-state index contributed by atoms with van der Waals surface area (Å²) in [5, 5.41) is -0.477. The third-order valence-electron chi connectivity index (χ3n) is 0.790. The molecule has 1 nitrogen and oxygen atoms in total. The summed E-state index contributed by atoms with van der Waals surface area (Å²) in [7, 11) is 0. The second-order valence-corrected chi connectivity index (χ2v) is 3.11. The molecular formula is C7H9OS2. The van der Waals surface area contributed by atoms with Crippen LogP contribution in [0.25, 0.3) is 0 Å². The minimum Gasteiger partial charge on any atom is -0.286 e. The van der Waals surface area contributed by atoms with Gasteiger partial charge in [-0.3, -0.25) is 4.79 Å². The maximum atomic E-state index is 10.9. The van der Waals surface area contributed by atoms with Gasteiger partial charge in [-0.2, -0.15) is 0 Å². The quantitative estimate of drug-likeness (QED) is 0.606. The molecule has 10 heavy (non-hydrogen) atoms. The van der Waals surface area contributed by atoms with Crippen molar-refractivity contribution in [3.63, 3.8) is 0 Å². The molecule has 0 fully saturated rings. The summed E-state index contributed by atoms with van der Waals surface area (Å²) in [6.45, 7) is 6.91. The fourth-order valence-corrected chi connectivity index (χ4v) is 1.07. The topological polar surface area (TPSA) is 17.1 Å². The Hall–Kier alpha value is -0.150. The summed E-state index contributed by atoms with van der Waals surface area (Å²) in [5.41, 5.74) is 0. The highest BCUT2D eigenvalue weighted by atomic mass is 32.2. The van der Waals surface area contributed by atoms with Gasteiger partial charge in [0.2, 0.25) is 5.12 Å². The summed E-state index contributed by atoms with van der Waals surface area (Å²) >= 11 is 5.93. The molecule has 0 spiro atoms. The van der Waals surface area contributed by atoms with Crippen LogP contribution in [0, 0.1) is 0 Å². The van der Waals surface area contributed by atoms with Crippen molar-refractivity contribution in [1.29, 1.82) is 0 Å². The lowest BCUT2D eigenvalue weighted by Crippen LogP contribution is -2.06. The van der Waals surface area contributed by atoms with E-state index in [1.54, 1.807) is 6.08 Å². The second kappa shape index (κ2) is 5.62. The average molecular weight is 173 g/mol. The van der Waals surface area contributed by atoms with E-state index in [4.69, 9.17) is 12.6 Å². The average Bonchev–Trinajstić information content (AvgIpc) is 1.98. The molecule has 1 radical (unpaired) electrons. The van der Waals surface area contributed by atoms with E-state index in [1.807, 2.05) is 0 Å². The normalized spacial score (nSPS) is 12.1. The molecule has 0 aromatic rings. The molecule has 1 atom stereocenters. The van der Waals surface area contributed by atoms with Crippen LogP contribution >= 0.6 is 24.4 Å². The Kier molecular flexibility index (Phi) is 5.54. The highest BCUT2D eigenvalue weighted by Crippen LogP contribution is 2.10. The molecule has 0 amide bonds. The zero-order chi connectivity index (χ0) is 7.98. The molecule has 0 N–H and O–H groups in total. The van der Waals surface area contributed by atoms with Gasteiger partial charge in [0.05, 0.1) is 0 Å². The van der Waals surface area contributed by atoms with Crippen LogP contribution in [-0.4, -0.2) is 16.1 Å². The van der Waals surface area contributed by atoms with Crippen molar-refractivity contribution in [2.75, 3.05) is 5.75 Å². The van der Waals surface area contributed by atoms with E-state index in [1.165, 1.54) is 17.8 Å². The van der Waals surface area contributed by atoms with E-state index in [0.717, 1.165) is 0 Å². The minimum absolute atomic E-state index is 0.0232. The first kappa shape index (κ1) is 9.85. The molecule has 3 heteroatoms. The number of carbonyl (C=O) groups is 1. The van der Waals surface area contributed by atoms with Crippen molar-refractivity contribution in [3.05, 3.63) is 25.3 Å². The lowest BCUT2D eigenvalue weighted by Gasteiger charge is -1.98. The third-order valence-corrected chi connectivity index (χ3v) is 2.29. The van der Waals surface area contributed by atoms with Gasteiger partial charge in [0.15, 0.2) is 0 Å². The standard InChI is InChI=1S/C7H9OS2/c1-3-5-10-7(8)6(9)4-2/h3-4,6H,1-2,5H2. The molecule has 0 heterocycles. The van der Waals surface area contributed by atoms with Gasteiger partial charge >= 0.3 is 0 Å². The van der Waals surface area contributed by atoms with Crippen LogP contribution in [0.4, 0.5) is 0 Å². The van der Waals surface area contributed by atoms with E-state index in [0.29, 0.717) is 5.75 Å². The summed E-state index contributed by atoms with van der Waals surface area (Å²) < 4.78 is 0. The van der Waals surface area contributed by atoms with E-state index in [9.17, 15) is 4.79 Å². The first-order chi connectivity index (χ1) is 4.72. The van der Waals surface area contributed by atoms with Crippen molar-refractivity contribution in [2.24, 2.45) is 0 Å². The Bertz CT molecular complexity index is 143. The van der Waals surface area contributed by atoms with Crippen LogP contribution in [-0.2, 0) is 4.79 Å². The van der Waals surface area contributed by atoms with Crippen LogP contribution in [0.3, 0.4) is 0 Å². The Morgan fingerprint density at radius 1 is 1.70 bits per heavy atom. The monoisotopic (exact) mass is 173 g/mol. The van der Waals surface area contributed by atoms with Gasteiger partial charge in [-0.15, -0.1) is 13.2 Å². The number of hydrogen-bond donors (Lipinski definition) is 0.